The highest BCUT2D eigenvalue weighted by Crippen LogP contribution is 2.33. The topological polar surface area (TPSA) is 57.7 Å². The lowest BCUT2D eigenvalue weighted by Gasteiger charge is -2.05. The van der Waals surface area contributed by atoms with Gasteiger partial charge in [-0.05, 0) is 35.9 Å². The van der Waals surface area contributed by atoms with Gasteiger partial charge in [-0.3, -0.25) is 0 Å². The van der Waals surface area contributed by atoms with Gasteiger partial charge in [-0.15, -0.1) is 0 Å². The zero-order chi connectivity index (χ0) is 9.97. The molecule has 2 rings (SSSR count). The van der Waals surface area contributed by atoms with Crippen molar-refractivity contribution in [3.63, 3.8) is 0 Å². The predicted octanol–water partition coefficient (Wildman–Crippen LogP) is 1.57. The van der Waals surface area contributed by atoms with Crippen molar-refractivity contribution in [3.05, 3.63) is 12.7 Å². The van der Waals surface area contributed by atoms with Gasteiger partial charge in [-0.2, -0.15) is 0 Å². The van der Waals surface area contributed by atoms with Crippen LogP contribution in [0.15, 0.2) is 17.7 Å². The van der Waals surface area contributed by atoms with E-state index in [4.69, 9.17) is 0 Å². The molecule has 2 aromatic heterocycles. The molecule has 5 nitrogen and oxygen atoms in total. The highest BCUT2D eigenvalue weighted by atomic mass is 33.1. The molecule has 2 aromatic rings. The molecule has 14 heavy (non-hydrogen) atoms. The first-order valence-electron chi connectivity index (χ1n) is 3.93. The first-order chi connectivity index (χ1) is 6.77. The summed E-state index contributed by atoms with van der Waals surface area (Å²) < 4.78 is 2.01. The van der Waals surface area contributed by atoms with Crippen LogP contribution < -0.4 is 0 Å². The molecule has 0 unspecified atom stereocenters. The third-order valence-electron chi connectivity index (χ3n) is 1.45. The average Bonchev–Trinajstić information content (AvgIpc) is 2.62. The van der Waals surface area contributed by atoms with Gasteiger partial charge in [0.05, 0.1) is 6.33 Å². The fourth-order valence-electron chi connectivity index (χ4n) is 0.916. The third-order valence-corrected chi connectivity index (χ3v) is 3.89. The molecule has 0 aliphatic carbocycles. The molecule has 0 atom stereocenters. The molecule has 0 bridgehead atoms. The highest BCUT2D eigenvalue weighted by molar-refractivity contribution is 8.75. The number of imidazole rings is 1. The zero-order valence-corrected chi connectivity index (χ0v) is 9.39. The van der Waals surface area contributed by atoms with Crippen molar-refractivity contribution in [1.82, 2.24) is 24.2 Å². The average molecular weight is 227 g/mol. The van der Waals surface area contributed by atoms with E-state index in [0.717, 1.165) is 10.5 Å². The van der Waals surface area contributed by atoms with Crippen LogP contribution in [0.1, 0.15) is 0 Å². The molecular formula is C7H9N5S2. The zero-order valence-electron chi connectivity index (χ0n) is 7.76. The molecule has 1 N–H and O–H groups in total. The van der Waals surface area contributed by atoms with Crippen molar-refractivity contribution in [2.45, 2.75) is 5.03 Å². The molecule has 2 heterocycles. The number of nitrogens with one attached hydrogen (secondary N) is 1. The van der Waals surface area contributed by atoms with Gasteiger partial charge in [0, 0.05) is 0 Å². The van der Waals surface area contributed by atoms with E-state index >= 15 is 0 Å². The second kappa shape index (κ2) is 4.16. The first kappa shape index (κ1) is 9.75. The Kier molecular flexibility index (Phi) is 2.90. The molecular weight excluding hydrogens is 218 g/mol. The molecule has 0 saturated carbocycles. The maximum atomic E-state index is 4.18. The molecule has 0 aliphatic heterocycles. The van der Waals surface area contributed by atoms with Crippen LogP contribution in [0.3, 0.4) is 0 Å². The summed E-state index contributed by atoms with van der Waals surface area (Å²) in [7, 11) is 7.18. The SMILES string of the molecule is CN(C)SSc1ncnc2nc[nH]c12. The Hall–Kier alpha value is -0.790. The largest absolute Gasteiger partial charge is 0.341 e. The fraction of sp³-hybridized carbons (Fsp3) is 0.286. The van der Waals surface area contributed by atoms with Crippen molar-refractivity contribution in [1.29, 1.82) is 0 Å². The number of hydrogen-bond donors (Lipinski definition) is 1. The Morgan fingerprint density at radius 3 is 2.93 bits per heavy atom. The summed E-state index contributed by atoms with van der Waals surface area (Å²) in [6.07, 6.45) is 3.16. The van der Waals surface area contributed by atoms with Crippen LogP contribution in [0.5, 0.6) is 0 Å². The lowest BCUT2D eigenvalue weighted by Crippen LogP contribution is -1.96. The molecule has 0 spiro atoms. The molecule has 0 aromatic carbocycles. The van der Waals surface area contributed by atoms with E-state index < -0.39 is 0 Å². The number of aromatic amines is 1. The van der Waals surface area contributed by atoms with E-state index in [1.807, 2.05) is 18.4 Å². The maximum Gasteiger partial charge on any atom is 0.181 e. The lowest BCUT2D eigenvalue weighted by atomic mass is 10.6. The second-order valence-electron chi connectivity index (χ2n) is 2.75. The van der Waals surface area contributed by atoms with Gasteiger partial charge in [0.15, 0.2) is 5.65 Å². The number of H-pyrrole nitrogens is 1. The lowest BCUT2D eigenvalue weighted by molar-refractivity contribution is 0.711. The Morgan fingerprint density at radius 1 is 1.29 bits per heavy atom. The second-order valence-corrected chi connectivity index (χ2v) is 5.13. The molecule has 0 radical (unpaired) electrons. The number of rotatable bonds is 3. The fourth-order valence-corrected chi connectivity index (χ4v) is 2.50. The summed E-state index contributed by atoms with van der Waals surface area (Å²) in [5.41, 5.74) is 1.61. The summed E-state index contributed by atoms with van der Waals surface area (Å²) >= 11 is 0. The minimum atomic E-state index is 0.710. The van der Waals surface area contributed by atoms with E-state index in [9.17, 15) is 0 Å². The predicted molar refractivity (Wildman–Crippen MR) is 58.8 cm³/mol. The quantitative estimate of drug-likeness (QED) is 0.488. The van der Waals surface area contributed by atoms with Gasteiger partial charge < -0.3 is 4.98 Å². The summed E-state index contributed by atoms with van der Waals surface area (Å²) in [6, 6.07) is 0. The Balaban J connectivity index is 2.27. The number of nitrogens with zero attached hydrogens (tertiary/aromatic N) is 4. The van der Waals surface area contributed by atoms with Crippen LogP contribution in [0.2, 0.25) is 0 Å². The molecule has 0 fully saturated rings. The number of aromatic nitrogens is 4. The minimum Gasteiger partial charge on any atom is -0.341 e. The first-order valence-corrected chi connectivity index (χ1v) is 6.04. The molecule has 0 aliphatic rings. The van der Waals surface area contributed by atoms with E-state index in [1.54, 1.807) is 28.1 Å². The minimum absolute atomic E-state index is 0.710. The van der Waals surface area contributed by atoms with Crippen LogP contribution in [0.25, 0.3) is 11.2 Å². The van der Waals surface area contributed by atoms with Gasteiger partial charge in [-0.25, -0.2) is 19.3 Å². The molecule has 74 valence electrons. The van der Waals surface area contributed by atoms with E-state index in [-0.39, 0.29) is 0 Å². The Bertz CT molecular complexity index is 427. The maximum absolute atomic E-state index is 4.18. The molecule has 0 saturated heterocycles. The van der Waals surface area contributed by atoms with Crippen LogP contribution in [-0.2, 0) is 0 Å². The number of hydrogen-bond acceptors (Lipinski definition) is 6. The smallest absolute Gasteiger partial charge is 0.181 e. The third kappa shape index (κ3) is 1.99. The summed E-state index contributed by atoms with van der Waals surface area (Å²) in [5.74, 6) is 0. The van der Waals surface area contributed by atoms with Gasteiger partial charge >= 0.3 is 0 Å². The van der Waals surface area contributed by atoms with Crippen LogP contribution in [0, 0.1) is 0 Å². The van der Waals surface area contributed by atoms with Crippen molar-refractivity contribution in [2.24, 2.45) is 0 Å². The van der Waals surface area contributed by atoms with Crippen molar-refractivity contribution in [2.75, 3.05) is 14.1 Å². The van der Waals surface area contributed by atoms with Crippen LogP contribution >= 0.6 is 21.8 Å². The standard InChI is InChI=1S/C7H9N5S2/c1-12(2)14-13-7-5-6(9-3-8-5)10-4-11-7/h3-4H,1-2H3,(H,8,9,10,11). The monoisotopic (exact) mass is 227 g/mol. The Labute approximate surface area is 89.3 Å². The van der Waals surface area contributed by atoms with Gasteiger partial charge in [-0.1, -0.05) is 0 Å². The summed E-state index contributed by atoms with van der Waals surface area (Å²) in [4.78, 5) is 15.3. The van der Waals surface area contributed by atoms with E-state index in [1.165, 1.54) is 6.33 Å². The van der Waals surface area contributed by atoms with Crippen molar-refractivity contribution >= 4 is 32.9 Å². The Morgan fingerprint density at radius 2 is 2.14 bits per heavy atom. The van der Waals surface area contributed by atoms with Crippen LogP contribution in [-0.4, -0.2) is 38.3 Å². The van der Waals surface area contributed by atoms with Crippen molar-refractivity contribution < 1.29 is 0 Å². The summed E-state index contributed by atoms with van der Waals surface area (Å²) in [6.45, 7) is 0. The van der Waals surface area contributed by atoms with E-state index in [2.05, 4.69) is 19.9 Å². The van der Waals surface area contributed by atoms with Crippen molar-refractivity contribution in [3.8, 4) is 0 Å². The normalized spacial score (nSPS) is 11.4. The summed E-state index contributed by atoms with van der Waals surface area (Å²) in [5, 5.41) is 0.909. The number of fused-ring (bicyclic) bond motifs is 1. The highest BCUT2D eigenvalue weighted by Gasteiger charge is 2.06. The molecule has 7 heteroatoms. The van der Waals surface area contributed by atoms with E-state index in [0.29, 0.717) is 5.65 Å². The van der Waals surface area contributed by atoms with Gasteiger partial charge in [0.25, 0.3) is 0 Å². The van der Waals surface area contributed by atoms with Gasteiger partial charge in [0.2, 0.25) is 0 Å². The van der Waals surface area contributed by atoms with Crippen LogP contribution in [0.4, 0.5) is 0 Å². The van der Waals surface area contributed by atoms with Gasteiger partial charge in [0.1, 0.15) is 16.9 Å². The molecule has 0 amide bonds.